The molecule has 0 aliphatic carbocycles. The molecule has 2 aliphatic rings. The number of anilines is 1. The highest BCUT2D eigenvalue weighted by Crippen LogP contribution is 2.42. The summed E-state index contributed by atoms with van der Waals surface area (Å²) in [5.74, 6) is 0.0412. The van der Waals surface area contributed by atoms with Crippen LogP contribution in [0.5, 0.6) is 0 Å². The van der Waals surface area contributed by atoms with Gasteiger partial charge in [-0.3, -0.25) is 24.0 Å². The molecule has 0 spiro atoms. The van der Waals surface area contributed by atoms with E-state index in [9.17, 15) is 14.4 Å². The maximum Gasteiger partial charge on any atom is 0.419 e. The van der Waals surface area contributed by atoms with Crippen molar-refractivity contribution in [1.82, 2.24) is 9.47 Å². The first-order chi connectivity index (χ1) is 18.0. The average molecular weight is 554 g/mol. The van der Waals surface area contributed by atoms with Gasteiger partial charge in [-0.2, -0.15) is 0 Å². The van der Waals surface area contributed by atoms with Gasteiger partial charge < -0.3 is 4.74 Å². The topological polar surface area (TPSA) is 71.8 Å². The molecule has 3 aromatic rings. The van der Waals surface area contributed by atoms with Gasteiger partial charge in [0.25, 0.3) is 0 Å². The van der Waals surface area contributed by atoms with Crippen molar-refractivity contribution in [2.75, 3.05) is 18.1 Å². The molecule has 1 atom stereocenters. The van der Waals surface area contributed by atoms with Gasteiger partial charge in [0.2, 0.25) is 5.91 Å². The van der Waals surface area contributed by atoms with E-state index in [2.05, 4.69) is 4.90 Å². The predicted octanol–water partition coefficient (Wildman–Crippen LogP) is 6.44. The lowest BCUT2D eigenvalue weighted by molar-refractivity contribution is -0.124. The number of hydrogen-bond acceptors (Lipinski definition) is 5. The molecule has 2 aliphatic heterocycles. The van der Waals surface area contributed by atoms with Crippen LogP contribution in [0.2, 0.25) is 10.0 Å². The molecule has 7 nitrogen and oxygen atoms in total. The number of hydrogen-bond donors (Lipinski definition) is 0. The normalized spacial score (nSPS) is 19.6. The molecule has 2 aromatic carbocycles. The summed E-state index contributed by atoms with van der Waals surface area (Å²) in [6.45, 7) is 6.70. The van der Waals surface area contributed by atoms with E-state index in [1.54, 1.807) is 56.1 Å². The van der Waals surface area contributed by atoms with Gasteiger partial charge in [0.15, 0.2) is 6.29 Å². The van der Waals surface area contributed by atoms with Gasteiger partial charge in [-0.05, 0) is 75.4 Å². The van der Waals surface area contributed by atoms with Crippen molar-refractivity contribution in [2.45, 2.75) is 51.2 Å². The minimum absolute atomic E-state index is 0.0412. The number of halogens is 2. The second-order valence-corrected chi connectivity index (χ2v) is 11.7. The summed E-state index contributed by atoms with van der Waals surface area (Å²) >= 11 is 12.4. The molecule has 0 N–H and O–H groups in total. The average Bonchev–Trinajstić information content (AvgIpc) is 3.51. The molecule has 5 rings (SSSR count). The van der Waals surface area contributed by atoms with Gasteiger partial charge in [0.05, 0.1) is 12.4 Å². The highest BCUT2D eigenvalue weighted by atomic mass is 35.5. The van der Waals surface area contributed by atoms with Crippen LogP contribution in [0.3, 0.4) is 0 Å². The number of ether oxygens (including phenoxy) is 1. The molecule has 0 saturated carbocycles. The molecule has 2 saturated heterocycles. The Labute approximate surface area is 231 Å². The lowest BCUT2D eigenvalue weighted by Gasteiger charge is -2.28. The zero-order valence-electron chi connectivity index (χ0n) is 21.5. The Morgan fingerprint density at radius 3 is 2.39 bits per heavy atom. The van der Waals surface area contributed by atoms with E-state index in [4.69, 9.17) is 27.9 Å². The largest absolute Gasteiger partial charge is 0.443 e. The lowest BCUT2D eigenvalue weighted by atomic mass is 9.87. The van der Waals surface area contributed by atoms with Crippen molar-refractivity contribution >= 4 is 47.2 Å². The minimum atomic E-state index is -0.672. The third-order valence-electron chi connectivity index (χ3n) is 7.10. The summed E-state index contributed by atoms with van der Waals surface area (Å²) in [4.78, 5) is 42.3. The van der Waals surface area contributed by atoms with Crippen molar-refractivity contribution in [3.05, 3.63) is 75.9 Å². The molecular weight excluding hydrogens is 525 g/mol. The minimum Gasteiger partial charge on any atom is -0.443 e. The molecule has 2 fully saturated rings. The monoisotopic (exact) mass is 553 g/mol. The Kier molecular flexibility index (Phi) is 6.88. The van der Waals surface area contributed by atoms with Crippen LogP contribution in [0.15, 0.2) is 54.7 Å². The summed E-state index contributed by atoms with van der Waals surface area (Å²) in [5, 5.41) is 0.977. The zero-order valence-corrected chi connectivity index (χ0v) is 23.1. The molecule has 1 unspecified atom stereocenters. The second-order valence-electron chi connectivity index (χ2n) is 10.9. The molecular formula is C29H29Cl2N3O4. The smallest absolute Gasteiger partial charge is 0.419 e. The number of carbonyl (C=O) groups excluding carboxylic acids is 3. The maximum atomic E-state index is 13.8. The first-order valence-corrected chi connectivity index (χ1v) is 13.3. The zero-order chi connectivity index (χ0) is 27.2. The second kappa shape index (κ2) is 9.88. The molecule has 1 amide bonds. The third kappa shape index (κ3) is 4.86. The van der Waals surface area contributed by atoms with Crippen molar-refractivity contribution < 1.29 is 19.1 Å². The highest BCUT2D eigenvalue weighted by Gasteiger charge is 2.55. The molecule has 38 heavy (non-hydrogen) atoms. The number of carbonyl (C=O) groups is 3. The van der Waals surface area contributed by atoms with Crippen LogP contribution in [0.1, 0.15) is 49.5 Å². The fraction of sp³-hybridized carbons (Fsp3) is 0.345. The van der Waals surface area contributed by atoms with Crippen LogP contribution in [0, 0.1) is 0 Å². The van der Waals surface area contributed by atoms with Gasteiger partial charge in [-0.15, -0.1) is 0 Å². The van der Waals surface area contributed by atoms with Crippen LogP contribution >= 0.6 is 23.2 Å². The quantitative estimate of drug-likeness (QED) is 0.340. The van der Waals surface area contributed by atoms with Gasteiger partial charge in [0.1, 0.15) is 11.1 Å². The van der Waals surface area contributed by atoms with E-state index in [1.165, 1.54) is 4.57 Å². The summed E-state index contributed by atoms with van der Waals surface area (Å²) in [6.07, 6.45) is 3.97. The Morgan fingerprint density at radius 2 is 1.76 bits per heavy atom. The van der Waals surface area contributed by atoms with Gasteiger partial charge >= 0.3 is 6.09 Å². The van der Waals surface area contributed by atoms with E-state index in [-0.39, 0.29) is 5.91 Å². The van der Waals surface area contributed by atoms with Crippen LogP contribution in [0.25, 0.3) is 11.3 Å². The van der Waals surface area contributed by atoms with Crippen molar-refractivity contribution in [3.63, 3.8) is 0 Å². The van der Waals surface area contributed by atoms with Crippen molar-refractivity contribution in [3.8, 4) is 11.3 Å². The summed E-state index contributed by atoms with van der Waals surface area (Å²) < 4.78 is 6.88. The van der Waals surface area contributed by atoms with Crippen molar-refractivity contribution in [2.24, 2.45) is 0 Å². The number of fused-ring (bicyclic) bond motifs is 1. The Morgan fingerprint density at radius 1 is 1.08 bits per heavy atom. The van der Waals surface area contributed by atoms with Gasteiger partial charge in [0, 0.05) is 34.0 Å². The van der Waals surface area contributed by atoms with E-state index in [1.807, 2.05) is 24.3 Å². The predicted molar refractivity (Wildman–Crippen MR) is 148 cm³/mol. The van der Waals surface area contributed by atoms with Gasteiger partial charge in [-0.25, -0.2) is 4.79 Å². The molecule has 0 radical (unpaired) electrons. The SMILES string of the molecule is CC(C)(C)OC(=O)n1ccc(C=O)c1-c1ccc(CC23CCCN2CN(c2cc(Cl)cc(Cl)c2)C3=O)cc1. The van der Waals surface area contributed by atoms with Crippen LogP contribution < -0.4 is 4.90 Å². The first-order valence-electron chi connectivity index (χ1n) is 12.5. The standard InChI is InChI=1S/C29H29Cl2N3O4/c1-28(2,3)38-27(37)33-12-9-21(17-35)25(33)20-7-5-19(6-8-20)16-29-10-4-11-32(29)18-34(26(29)36)24-14-22(30)13-23(31)15-24/h5-9,12-15,17H,4,10-11,16,18H2,1-3H3. The molecule has 198 valence electrons. The van der Waals surface area contributed by atoms with Gasteiger partial charge in [-0.1, -0.05) is 47.5 Å². The molecule has 9 heteroatoms. The third-order valence-corrected chi connectivity index (χ3v) is 7.53. The highest BCUT2D eigenvalue weighted by molar-refractivity contribution is 6.35. The van der Waals surface area contributed by atoms with E-state index >= 15 is 0 Å². The van der Waals surface area contributed by atoms with Crippen LogP contribution in [-0.4, -0.2) is 52.1 Å². The molecule has 3 heterocycles. The Hall–Kier alpha value is -3.13. The number of benzene rings is 2. The van der Waals surface area contributed by atoms with Crippen LogP contribution in [-0.2, 0) is 16.0 Å². The number of nitrogens with zero attached hydrogens (tertiary/aromatic N) is 3. The fourth-order valence-electron chi connectivity index (χ4n) is 5.47. The number of aldehydes is 1. The van der Waals surface area contributed by atoms with Crippen molar-refractivity contribution in [1.29, 1.82) is 0 Å². The Bertz CT molecular complexity index is 1390. The van der Waals surface area contributed by atoms with E-state index in [0.29, 0.717) is 45.6 Å². The summed E-state index contributed by atoms with van der Waals surface area (Å²) in [5.41, 5.74) is 1.95. The summed E-state index contributed by atoms with van der Waals surface area (Å²) in [7, 11) is 0. The Balaban J connectivity index is 1.42. The number of amides is 1. The molecule has 1 aromatic heterocycles. The maximum absolute atomic E-state index is 13.8. The van der Waals surface area contributed by atoms with E-state index < -0.39 is 17.2 Å². The first kappa shape index (κ1) is 26.5. The summed E-state index contributed by atoms with van der Waals surface area (Å²) in [6, 6.07) is 14.4. The van der Waals surface area contributed by atoms with Crippen LogP contribution in [0.4, 0.5) is 10.5 Å². The van der Waals surface area contributed by atoms with E-state index in [0.717, 1.165) is 31.2 Å². The lowest BCUT2D eigenvalue weighted by Crippen LogP contribution is -2.46. The fourth-order valence-corrected chi connectivity index (χ4v) is 5.98. The number of rotatable bonds is 5. The number of aromatic nitrogens is 1. The molecule has 0 bridgehead atoms.